The largest absolute Gasteiger partial charge is 0.283 e. The summed E-state index contributed by atoms with van der Waals surface area (Å²) in [5.74, 6) is 0.479. The van der Waals surface area contributed by atoms with Crippen LogP contribution in [0.1, 0.15) is 31.4 Å². The van der Waals surface area contributed by atoms with E-state index in [0.29, 0.717) is 5.92 Å². The quantitative estimate of drug-likeness (QED) is 0.163. The van der Waals surface area contributed by atoms with Crippen molar-refractivity contribution in [2.75, 3.05) is 0 Å². The number of nitrogens with zero attached hydrogens (tertiary/aromatic N) is 3. The second-order valence-corrected chi connectivity index (χ2v) is 14.3. The average molecular weight is 662 g/mol. The third-order valence-corrected chi connectivity index (χ3v) is 11.0. The van der Waals surface area contributed by atoms with Crippen LogP contribution in [0.3, 0.4) is 0 Å². The number of benzene rings is 5. The average Bonchev–Trinajstić information content (AvgIpc) is 3.74. The lowest BCUT2D eigenvalue weighted by atomic mass is 9.96. The number of imidazole rings is 1. The minimum atomic E-state index is 0.479. The van der Waals surface area contributed by atoms with Crippen LogP contribution in [0.25, 0.3) is 64.5 Å². The smallest absolute Gasteiger partial charge is 0.147 e. The first-order valence-electron chi connectivity index (χ1n) is 17.2. The van der Waals surface area contributed by atoms with Gasteiger partial charge in [0, 0.05) is 26.4 Å². The molecule has 8 aromatic rings. The van der Waals surface area contributed by atoms with E-state index in [9.17, 15) is 0 Å². The Kier molecular flexibility index (Phi) is 7.40. The van der Waals surface area contributed by atoms with Crippen molar-refractivity contribution in [3.8, 4) is 11.1 Å². The number of para-hydroxylation sites is 2. The van der Waals surface area contributed by atoms with Crippen LogP contribution < -0.4 is 0 Å². The third-order valence-electron chi connectivity index (χ3n) is 9.82. The summed E-state index contributed by atoms with van der Waals surface area (Å²) in [7, 11) is 0. The van der Waals surface area contributed by atoms with Gasteiger partial charge in [-0.15, -0.1) is 11.3 Å². The Morgan fingerprint density at radius 1 is 0.820 bits per heavy atom. The monoisotopic (exact) mass is 661 g/mol. The molecule has 3 nitrogen and oxygen atoms in total. The summed E-state index contributed by atoms with van der Waals surface area (Å²) < 4.78 is 3.62. The van der Waals surface area contributed by atoms with Crippen molar-refractivity contribution in [2.24, 2.45) is 10.9 Å². The van der Waals surface area contributed by atoms with Gasteiger partial charge < -0.3 is 0 Å². The fourth-order valence-electron chi connectivity index (χ4n) is 7.24. The van der Waals surface area contributed by atoms with E-state index in [0.717, 1.165) is 51.2 Å². The van der Waals surface area contributed by atoms with Gasteiger partial charge in [-0.05, 0) is 82.8 Å². The maximum Gasteiger partial charge on any atom is 0.147 e. The maximum absolute atomic E-state index is 5.13. The van der Waals surface area contributed by atoms with E-state index in [1.807, 2.05) is 17.4 Å². The molecular weight excluding hydrogens is 627 g/mol. The van der Waals surface area contributed by atoms with E-state index in [-0.39, 0.29) is 0 Å². The molecule has 0 radical (unpaired) electrons. The zero-order chi connectivity index (χ0) is 33.8. The predicted molar refractivity (Wildman–Crippen MR) is 215 cm³/mol. The zero-order valence-electron chi connectivity index (χ0n) is 28.1. The molecule has 1 aliphatic rings. The van der Waals surface area contributed by atoms with Crippen LogP contribution in [-0.4, -0.2) is 15.1 Å². The van der Waals surface area contributed by atoms with Crippen molar-refractivity contribution < 1.29 is 0 Å². The molecule has 0 aliphatic heterocycles. The summed E-state index contributed by atoms with van der Waals surface area (Å²) in [6.45, 7) is 8.77. The van der Waals surface area contributed by atoms with E-state index in [1.54, 1.807) is 0 Å². The number of pyridine rings is 1. The molecule has 1 atom stereocenters. The Balaban J connectivity index is 1.16. The number of allylic oxidation sites excluding steroid dienone is 5. The van der Waals surface area contributed by atoms with Gasteiger partial charge in [0.2, 0.25) is 0 Å². The Morgan fingerprint density at radius 3 is 2.38 bits per heavy atom. The molecule has 3 aromatic heterocycles. The van der Waals surface area contributed by atoms with Crippen LogP contribution in [0.2, 0.25) is 0 Å². The van der Waals surface area contributed by atoms with E-state index < -0.39 is 0 Å². The molecule has 0 spiro atoms. The molecule has 240 valence electrons. The van der Waals surface area contributed by atoms with Gasteiger partial charge in [-0.2, -0.15) is 0 Å². The summed E-state index contributed by atoms with van der Waals surface area (Å²) >= 11 is 1.84. The zero-order valence-corrected chi connectivity index (χ0v) is 28.9. The van der Waals surface area contributed by atoms with Crippen LogP contribution in [0, 0.1) is 5.92 Å². The van der Waals surface area contributed by atoms with Crippen molar-refractivity contribution in [1.29, 1.82) is 0 Å². The van der Waals surface area contributed by atoms with Crippen molar-refractivity contribution in [3.63, 3.8) is 0 Å². The number of hydrogen-bond donors (Lipinski definition) is 0. The van der Waals surface area contributed by atoms with Crippen LogP contribution in [-0.2, 0) is 0 Å². The molecule has 5 aromatic carbocycles. The van der Waals surface area contributed by atoms with Gasteiger partial charge in [0.15, 0.2) is 0 Å². The fourth-order valence-corrected chi connectivity index (χ4v) is 8.45. The summed E-state index contributed by atoms with van der Waals surface area (Å²) in [5, 5.41) is 4.96. The summed E-state index contributed by atoms with van der Waals surface area (Å²) in [6.07, 6.45) is 9.87. The standard InChI is InChI=1S/C46H35N3S/c1-29-12-11-15-35(26-29)31(3)47-41(27-30(2)32-13-5-4-6-14-32)34-22-20-33(21-23-34)36-24-25-43-39(28-36)44-37-16-7-8-17-38(37)45-48-40-18-9-10-19-42(40)49(45)46(44)50-43/h4-11,13-29H,3,12H2,1-2H3/b30-27+,47-41?. The van der Waals surface area contributed by atoms with Gasteiger partial charge in [0.25, 0.3) is 0 Å². The minimum Gasteiger partial charge on any atom is -0.283 e. The van der Waals surface area contributed by atoms with Crippen LogP contribution in [0.15, 0.2) is 168 Å². The topological polar surface area (TPSA) is 29.7 Å². The normalized spacial score (nSPS) is 15.5. The van der Waals surface area contributed by atoms with E-state index in [2.05, 4.69) is 164 Å². The van der Waals surface area contributed by atoms with Gasteiger partial charge in [-0.3, -0.25) is 4.40 Å². The highest BCUT2D eigenvalue weighted by Gasteiger charge is 2.18. The molecule has 4 heteroatoms. The number of aromatic nitrogens is 2. The number of rotatable bonds is 6. The highest BCUT2D eigenvalue weighted by molar-refractivity contribution is 7.25. The molecule has 0 N–H and O–H groups in total. The highest BCUT2D eigenvalue weighted by Crippen LogP contribution is 2.42. The first kappa shape index (κ1) is 30.2. The molecule has 1 unspecified atom stereocenters. The van der Waals surface area contributed by atoms with E-state index in [4.69, 9.17) is 9.98 Å². The Hall–Kier alpha value is -5.84. The predicted octanol–water partition coefficient (Wildman–Crippen LogP) is 12.6. The van der Waals surface area contributed by atoms with Crippen LogP contribution in [0.4, 0.5) is 0 Å². The minimum absolute atomic E-state index is 0.479. The molecule has 0 fully saturated rings. The molecule has 0 bridgehead atoms. The number of fused-ring (bicyclic) bond motifs is 10. The third kappa shape index (κ3) is 5.20. The lowest BCUT2D eigenvalue weighted by Gasteiger charge is -2.13. The van der Waals surface area contributed by atoms with Gasteiger partial charge >= 0.3 is 0 Å². The molecule has 0 saturated carbocycles. The summed E-state index contributed by atoms with van der Waals surface area (Å²) in [5.41, 5.74) is 11.7. The Morgan fingerprint density at radius 2 is 1.56 bits per heavy atom. The maximum atomic E-state index is 5.13. The van der Waals surface area contributed by atoms with Gasteiger partial charge in [0.1, 0.15) is 10.5 Å². The first-order valence-corrected chi connectivity index (χ1v) is 18.0. The Bertz CT molecular complexity index is 2750. The summed E-state index contributed by atoms with van der Waals surface area (Å²) in [4.78, 5) is 11.4. The number of hydrogen-bond acceptors (Lipinski definition) is 3. The van der Waals surface area contributed by atoms with Crippen molar-refractivity contribution in [2.45, 2.75) is 20.3 Å². The van der Waals surface area contributed by atoms with Gasteiger partial charge in [-0.25, -0.2) is 9.98 Å². The molecule has 0 saturated heterocycles. The molecule has 1 aliphatic carbocycles. The van der Waals surface area contributed by atoms with Crippen molar-refractivity contribution in [1.82, 2.24) is 9.38 Å². The lowest BCUT2D eigenvalue weighted by molar-refractivity contribution is 0.730. The van der Waals surface area contributed by atoms with E-state index >= 15 is 0 Å². The summed E-state index contributed by atoms with van der Waals surface area (Å²) in [6, 6.07) is 43.3. The molecule has 9 rings (SSSR count). The van der Waals surface area contributed by atoms with Crippen molar-refractivity contribution in [3.05, 3.63) is 175 Å². The van der Waals surface area contributed by atoms with E-state index in [1.165, 1.54) is 47.8 Å². The number of thiophene rings is 1. The molecule has 3 heterocycles. The second kappa shape index (κ2) is 12.2. The van der Waals surface area contributed by atoms with Gasteiger partial charge in [-0.1, -0.05) is 129 Å². The highest BCUT2D eigenvalue weighted by atomic mass is 32.1. The first-order chi connectivity index (χ1) is 24.5. The van der Waals surface area contributed by atoms with Crippen LogP contribution in [0.5, 0.6) is 0 Å². The molecule has 50 heavy (non-hydrogen) atoms. The van der Waals surface area contributed by atoms with Crippen molar-refractivity contribution >= 4 is 70.4 Å². The van der Waals surface area contributed by atoms with Gasteiger partial charge in [0.05, 0.1) is 22.4 Å². The second-order valence-electron chi connectivity index (χ2n) is 13.3. The van der Waals surface area contributed by atoms with Crippen LogP contribution >= 0.6 is 11.3 Å². The fraction of sp³-hybridized carbons (Fsp3) is 0.0870. The molecular formula is C46H35N3S. The SMILES string of the molecule is C=C(N=C(/C=C(\C)c1ccccc1)c1ccc(-c2ccc3sc4c(c3c2)c2ccccc2c2nc3ccccc3n24)cc1)C1=CC(C)CC=C1. The Labute approximate surface area is 295 Å². The molecule has 0 amide bonds. The lowest BCUT2D eigenvalue weighted by Crippen LogP contribution is -2.02. The number of aliphatic imine (C=N–C) groups is 1.